The van der Waals surface area contributed by atoms with Crippen LogP contribution in [0.3, 0.4) is 0 Å². The Morgan fingerprint density at radius 3 is 1.53 bits per heavy atom. The van der Waals surface area contributed by atoms with E-state index in [1.54, 1.807) is 0 Å². The second-order valence-corrected chi connectivity index (χ2v) is 12.2. The summed E-state index contributed by atoms with van der Waals surface area (Å²) in [5, 5.41) is 0. The smallest absolute Gasteiger partial charge is 0.302 e. The Morgan fingerprint density at radius 1 is 0.842 bits per heavy atom. The highest BCUT2D eigenvalue weighted by atomic mass is 79.9. The van der Waals surface area contributed by atoms with Crippen LogP contribution in [-0.4, -0.2) is 25.6 Å². The molecule has 0 aliphatic heterocycles. The molecular weight excluding hydrogens is 535 g/mol. The number of alkyl halides is 4. The van der Waals surface area contributed by atoms with Crippen LogP contribution in [0.1, 0.15) is 38.5 Å². The van der Waals surface area contributed by atoms with Crippen LogP contribution < -0.4 is 0 Å². The summed E-state index contributed by atoms with van der Waals surface area (Å²) in [6.45, 7) is 0.483. The summed E-state index contributed by atoms with van der Waals surface area (Å²) in [6.07, 6.45) is 5.19. The number of hydrogen-bond donors (Lipinski definition) is 1. The predicted molar refractivity (Wildman–Crippen MR) is 92.7 cm³/mol. The standard InChI is InChI=1S/C10H19Br4O4P/c11-9(12)5-1-3-7-17-19(15,16)18-8-4-2-6-10(13)14/h9-10H,1-8H2,(H,15,16). The second-order valence-electron chi connectivity index (χ2n) is 3.91. The van der Waals surface area contributed by atoms with Crippen molar-refractivity contribution in [1.82, 2.24) is 0 Å². The summed E-state index contributed by atoms with van der Waals surface area (Å²) in [6, 6.07) is 0. The van der Waals surface area contributed by atoms with Crippen LogP contribution >= 0.6 is 71.5 Å². The molecule has 0 saturated heterocycles. The molecule has 0 aromatic rings. The van der Waals surface area contributed by atoms with Gasteiger partial charge in [0.2, 0.25) is 0 Å². The van der Waals surface area contributed by atoms with Crippen molar-refractivity contribution in [3.8, 4) is 0 Å². The van der Waals surface area contributed by atoms with Gasteiger partial charge in [0, 0.05) is 0 Å². The van der Waals surface area contributed by atoms with E-state index < -0.39 is 7.82 Å². The largest absolute Gasteiger partial charge is 0.472 e. The van der Waals surface area contributed by atoms with Crippen LogP contribution in [0.15, 0.2) is 0 Å². The molecular formula is C10H19Br4O4P. The monoisotopic (exact) mass is 550 g/mol. The molecule has 19 heavy (non-hydrogen) atoms. The Bertz CT molecular complexity index is 244. The van der Waals surface area contributed by atoms with Gasteiger partial charge in [-0.2, -0.15) is 0 Å². The van der Waals surface area contributed by atoms with Crippen LogP contribution in [0.2, 0.25) is 0 Å². The van der Waals surface area contributed by atoms with Gasteiger partial charge in [-0.05, 0) is 38.5 Å². The summed E-state index contributed by atoms with van der Waals surface area (Å²) in [7, 11) is -3.87. The topological polar surface area (TPSA) is 55.8 Å². The number of hydrogen-bond acceptors (Lipinski definition) is 3. The lowest BCUT2D eigenvalue weighted by Gasteiger charge is -2.12. The molecule has 4 nitrogen and oxygen atoms in total. The molecule has 0 aromatic carbocycles. The third-order valence-electron chi connectivity index (χ3n) is 2.14. The van der Waals surface area contributed by atoms with Crippen LogP contribution in [-0.2, 0) is 13.6 Å². The van der Waals surface area contributed by atoms with E-state index in [1.165, 1.54) is 0 Å². The molecule has 0 unspecified atom stereocenters. The summed E-state index contributed by atoms with van der Waals surface area (Å²) in [5.41, 5.74) is 0. The highest BCUT2D eigenvalue weighted by Crippen LogP contribution is 2.43. The first-order valence-electron chi connectivity index (χ1n) is 6.01. The van der Waals surface area contributed by atoms with E-state index in [-0.39, 0.29) is 20.7 Å². The lowest BCUT2D eigenvalue weighted by Crippen LogP contribution is -2.00. The molecule has 0 aliphatic rings. The number of halogens is 4. The lowest BCUT2D eigenvalue weighted by atomic mass is 10.3. The quantitative estimate of drug-likeness (QED) is 0.192. The van der Waals surface area contributed by atoms with Gasteiger partial charge >= 0.3 is 7.82 Å². The Labute approximate surface area is 148 Å². The van der Waals surface area contributed by atoms with Gasteiger partial charge in [-0.15, -0.1) is 0 Å². The Hall–Kier alpha value is 2.03. The molecule has 0 fully saturated rings. The number of unbranched alkanes of at least 4 members (excludes halogenated alkanes) is 2. The minimum atomic E-state index is -3.87. The van der Waals surface area contributed by atoms with Gasteiger partial charge in [0.1, 0.15) is 0 Å². The van der Waals surface area contributed by atoms with Crippen LogP contribution in [0.4, 0.5) is 0 Å². The summed E-state index contributed by atoms with van der Waals surface area (Å²) < 4.78 is 21.8. The fourth-order valence-electron chi connectivity index (χ4n) is 1.20. The van der Waals surface area contributed by atoms with Gasteiger partial charge in [-0.1, -0.05) is 63.7 Å². The van der Waals surface area contributed by atoms with E-state index >= 15 is 0 Å². The zero-order valence-corrected chi connectivity index (χ0v) is 17.7. The van der Waals surface area contributed by atoms with Crippen molar-refractivity contribution in [3.63, 3.8) is 0 Å². The summed E-state index contributed by atoms with van der Waals surface area (Å²) in [4.78, 5) is 9.41. The molecule has 116 valence electrons. The fourth-order valence-corrected chi connectivity index (χ4v) is 3.29. The van der Waals surface area contributed by atoms with E-state index in [0.717, 1.165) is 38.5 Å². The first kappa shape index (κ1) is 21.0. The third kappa shape index (κ3) is 16.2. The lowest BCUT2D eigenvalue weighted by molar-refractivity contribution is 0.145. The van der Waals surface area contributed by atoms with E-state index in [4.69, 9.17) is 9.05 Å². The van der Waals surface area contributed by atoms with Crippen molar-refractivity contribution in [2.24, 2.45) is 0 Å². The molecule has 0 aliphatic carbocycles. The molecule has 0 saturated carbocycles. The Balaban J connectivity index is 3.50. The van der Waals surface area contributed by atoms with Crippen molar-refractivity contribution in [2.45, 2.75) is 46.0 Å². The van der Waals surface area contributed by atoms with Crippen molar-refractivity contribution in [3.05, 3.63) is 0 Å². The van der Waals surface area contributed by atoms with Gasteiger partial charge in [0.15, 0.2) is 0 Å². The maximum absolute atomic E-state index is 11.5. The molecule has 9 heteroatoms. The van der Waals surface area contributed by atoms with Crippen molar-refractivity contribution >= 4 is 71.5 Å². The van der Waals surface area contributed by atoms with E-state index in [2.05, 4.69) is 63.7 Å². The number of phosphoric acid groups is 1. The highest BCUT2D eigenvalue weighted by Gasteiger charge is 2.20. The predicted octanol–water partition coefficient (Wildman–Crippen LogP) is 5.69. The molecule has 0 bridgehead atoms. The minimum Gasteiger partial charge on any atom is -0.302 e. The molecule has 0 radical (unpaired) electrons. The zero-order chi connectivity index (χ0) is 14.7. The van der Waals surface area contributed by atoms with Crippen molar-refractivity contribution in [2.75, 3.05) is 13.2 Å². The average Bonchev–Trinajstić information content (AvgIpc) is 2.27. The second kappa shape index (κ2) is 12.6. The summed E-state index contributed by atoms with van der Waals surface area (Å²) >= 11 is 13.5. The van der Waals surface area contributed by atoms with Crippen LogP contribution in [0.25, 0.3) is 0 Å². The fraction of sp³-hybridized carbons (Fsp3) is 1.00. The first-order valence-corrected chi connectivity index (χ1v) is 11.2. The highest BCUT2D eigenvalue weighted by molar-refractivity contribution is 9.25. The Morgan fingerprint density at radius 2 is 1.21 bits per heavy atom. The Kier molecular flexibility index (Phi) is 13.9. The molecule has 0 aromatic heterocycles. The molecule has 0 amide bonds. The van der Waals surface area contributed by atoms with Crippen molar-refractivity contribution < 1.29 is 18.5 Å². The maximum Gasteiger partial charge on any atom is 0.472 e. The third-order valence-corrected chi connectivity index (χ3v) is 4.99. The van der Waals surface area contributed by atoms with Crippen LogP contribution in [0.5, 0.6) is 0 Å². The minimum absolute atomic E-state index is 0.241. The average molecular weight is 554 g/mol. The molecule has 0 spiro atoms. The molecule has 1 N–H and O–H groups in total. The van der Waals surface area contributed by atoms with Gasteiger partial charge < -0.3 is 4.89 Å². The number of rotatable bonds is 12. The normalized spacial score (nSPS) is 12.6. The van der Waals surface area contributed by atoms with Gasteiger partial charge in [0.05, 0.1) is 20.7 Å². The first-order chi connectivity index (χ1) is 8.83. The molecule has 0 atom stereocenters. The van der Waals surface area contributed by atoms with Crippen LogP contribution in [0, 0.1) is 0 Å². The molecule has 0 rings (SSSR count). The maximum atomic E-state index is 11.5. The zero-order valence-electron chi connectivity index (χ0n) is 10.4. The van der Waals surface area contributed by atoms with E-state index in [9.17, 15) is 9.46 Å². The van der Waals surface area contributed by atoms with E-state index in [0.29, 0.717) is 0 Å². The summed E-state index contributed by atoms with van der Waals surface area (Å²) in [5.74, 6) is 0. The SMILES string of the molecule is O=P(O)(OCCCCC(Br)Br)OCCCCC(Br)Br. The molecule has 0 heterocycles. The van der Waals surface area contributed by atoms with Gasteiger partial charge in [-0.3, -0.25) is 9.05 Å². The van der Waals surface area contributed by atoms with Crippen molar-refractivity contribution in [1.29, 1.82) is 0 Å². The van der Waals surface area contributed by atoms with Gasteiger partial charge in [-0.25, -0.2) is 4.57 Å². The number of phosphoric ester groups is 1. The van der Waals surface area contributed by atoms with Gasteiger partial charge in [0.25, 0.3) is 0 Å². The van der Waals surface area contributed by atoms with E-state index in [1.807, 2.05) is 0 Å².